The number of carboxylic acids is 1. The summed E-state index contributed by atoms with van der Waals surface area (Å²) < 4.78 is 12.2. The molecule has 0 radical (unpaired) electrons. The highest BCUT2D eigenvalue weighted by atomic mass is 16.5. The van der Waals surface area contributed by atoms with E-state index in [1.165, 1.54) is 0 Å². The van der Waals surface area contributed by atoms with Crippen LogP contribution in [0.3, 0.4) is 0 Å². The molecule has 1 aliphatic rings. The zero-order chi connectivity index (χ0) is 12.3. The number of hydrogen-bond acceptors (Lipinski definition) is 5. The molecule has 0 saturated carbocycles. The first-order valence-corrected chi connectivity index (χ1v) is 5.47. The first kappa shape index (κ1) is 12.0. The van der Waals surface area contributed by atoms with Gasteiger partial charge in [0.15, 0.2) is 11.9 Å². The second-order valence-electron chi connectivity index (χ2n) is 3.90. The SMILES string of the molecule is COCCn1cnnc1C1CCC(C(=O)O)O1. The third kappa shape index (κ3) is 2.62. The molecule has 2 unspecified atom stereocenters. The van der Waals surface area contributed by atoms with Crippen LogP contribution in [0.4, 0.5) is 0 Å². The predicted octanol–water partition coefficient (Wildman–Crippen LogP) is 0.229. The van der Waals surface area contributed by atoms with E-state index in [9.17, 15) is 4.79 Å². The van der Waals surface area contributed by atoms with E-state index in [0.29, 0.717) is 31.8 Å². The molecule has 7 nitrogen and oxygen atoms in total. The zero-order valence-electron chi connectivity index (χ0n) is 9.57. The molecular formula is C10H15N3O4. The Morgan fingerprint density at radius 2 is 2.53 bits per heavy atom. The molecule has 0 amide bonds. The van der Waals surface area contributed by atoms with Crippen molar-refractivity contribution in [2.75, 3.05) is 13.7 Å². The molecule has 0 aromatic carbocycles. The minimum Gasteiger partial charge on any atom is -0.479 e. The van der Waals surface area contributed by atoms with Gasteiger partial charge in [-0.15, -0.1) is 10.2 Å². The number of carbonyl (C=O) groups is 1. The van der Waals surface area contributed by atoms with Crippen molar-refractivity contribution in [3.05, 3.63) is 12.2 Å². The van der Waals surface area contributed by atoms with Crippen molar-refractivity contribution in [1.82, 2.24) is 14.8 Å². The smallest absolute Gasteiger partial charge is 0.332 e. The van der Waals surface area contributed by atoms with Gasteiger partial charge >= 0.3 is 5.97 Å². The number of ether oxygens (including phenoxy) is 2. The highest BCUT2D eigenvalue weighted by molar-refractivity contribution is 5.72. The monoisotopic (exact) mass is 241 g/mol. The Kier molecular flexibility index (Phi) is 3.70. The summed E-state index contributed by atoms with van der Waals surface area (Å²) in [5.41, 5.74) is 0. The lowest BCUT2D eigenvalue weighted by Gasteiger charge is -2.12. The van der Waals surface area contributed by atoms with Crippen LogP contribution in [-0.2, 0) is 20.8 Å². The van der Waals surface area contributed by atoms with Gasteiger partial charge < -0.3 is 19.1 Å². The van der Waals surface area contributed by atoms with Crippen LogP contribution in [0.15, 0.2) is 6.33 Å². The van der Waals surface area contributed by atoms with Crippen molar-refractivity contribution in [2.45, 2.75) is 31.6 Å². The molecule has 1 saturated heterocycles. The van der Waals surface area contributed by atoms with Gasteiger partial charge in [0.05, 0.1) is 6.61 Å². The molecule has 17 heavy (non-hydrogen) atoms. The Labute approximate surface area is 98.4 Å². The van der Waals surface area contributed by atoms with Crippen LogP contribution in [-0.4, -0.2) is 45.7 Å². The van der Waals surface area contributed by atoms with E-state index in [4.69, 9.17) is 14.6 Å². The van der Waals surface area contributed by atoms with E-state index in [0.717, 1.165) is 0 Å². The lowest BCUT2D eigenvalue weighted by atomic mass is 10.2. The molecule has 1 aliphatic heterocycles. The molecule has 0 bridgehead atoms. The van der Waals surface area contributed by atoms with Gasteiger partial charge in [-0.3, -0.25) is 0 Å². The van der Waals surface area contributed by atoms with Gasteiger partial charge in [0.25, 0.3) is 0 Å². The largest absolute Gasteiger partial charge is 0.479 e. The summed E-state index contributed by atoms with van der Waals surface area (Å²) in [7, 11) is 1.62. The fourth-order valence-corrected chi connectivity index (χ4v) is 1.88. The molecule has 2 atom stereocenters. The van der Waals surface area contributed by atoms with Crippen molar-refractivity contribution >= 4 is 5.97 Å². The Morgan fingerprint density at radius 3 is 3.18 bits per heavy atom. The Bertz CT molecular complexity index is 393. The average Bonchev–Trinajstić information content (AvgIpc) is 2.94. The van der Waals surface area contributed by atoms with Gasteiger partial charge in [0.2, 0.25) is 0 Å². The van der Waals surface area contributed by atoms with Gasteiger partial charge in [-0.2, -0.15) is 0 Å². The maximum absolute atomic E-state index is 10.8. The van der Waals surface area contributed by atoms with Gasteiger partial charge in [-0.1, -0.05) is 0 Å². The minimum absolute atomic E-state index is 0.282. The van der Waals surface area contributed by atoms with Crippen LogP contribution in [0.1, 0.15) is 24.8 Å². The summed E-state index contributed by atoms with van der Waals surface area (Å²) in [6, 6.07) is 0. The lowest BCUT2D eigenvalue weighted by Crippen LogP contribution is -2.19. The Hall–Kier alpha value is -1.47. The third-order valence-electron chi connectivity index (χ3n) is 2.76. The number of nitrogens with zero attached hydrogens (tertiary/aromatic N) is 3. The highest BCUT2D eigenvalue weighted by Crippen LogP contribution is 2.31. The zero-order valence-corrected chi connectivity index (χ0v) is 9.57. The molecule has 94 valence electrons. The van der Waals surface area contributed by atoms with Crippen LogP contribution in [0.5, 0.6) is 0 Å². The number of aliphatic carboxylic acids is 1. The van der Waals surface area contributed by atoms with Crippen LogP contribution in [0.25, 0.3) is 0 Å². The second-order valence-corrected chi connectivity index (χ2v) is 3.90. The second kappa shape index (κ2) is 5.24. The first-order valence-electron chi connectivity index (χ1n) is 5.47. The van der Waals surface area contributed by atoms with E-state index in [2.05, 4.69) is 10.2 Å². The molecule has 1 aromatic heterocycles. The predicted molar refractivity (Wildman–Crippen MR) is 56.4 cm³/mol. The fourth-order valence-electron chi connectivity index (χ4n) is 1.88. The standard InChI is InChI=1S/C10H15N3O4/c1-16-5-4-13-6-11-12-9(13)7-2-3-8(17-7)10(14)15/h6-8H,2-5H2,1H3,(H,14,15). The van der Waals surface area contributed by atoms with Crippen molar-refractivity contribution in [1.29, 1.82) is 0 Å². The minimum atomic E-state index is -0.921. The van der Waals surface area contributed by atoms with E-state index < -0.39 is 12.1 Å². The number of rotatable bonds is 5. The van der Waals surface area contributed by atoms with E-state index in [1.807, 2.05) is 4.57 Å². The fraction of sp³-hybridized carbons (Fsp3) is 0.700. The quantitative estimate of drug-likeness (QED) is 0.794. The van der Waals surface area contributed by atoms with Gasteiger partial charge in [0.1, 0.15) is 12.4 Å². The molecule has 2 rings (SSSR count). The maximum atomic E-state index is 10.8. The molecule has 0 aliphatic carbocycles. The summed E-state index contributed by atoms with van der Waals surface area (Å²) in [4.78, 5) is 10.8. The Balaban J connectivity index is 2.03. The normalized spacial score (nSPS) is 24.1. The van der Waals surface area contributed by atoms with Gasteiger partial charge in [-0.25, -0.2) is 4.79 Å². The topological polar surface area (TPSA) is 86.5 Å². The third-order valence-corrected chi connectivity index (χ3v) is 2.76. The summed E-state index contributed by atoms with van der Waals surface area (Å²) in [6.45, 7) is 1.19. The van der Waals surface area contributed by atoms with E-state index >= 15 is 0 Å². The molecule has 1 N–H and O–H groups in total. The van der Waals surface area contributed by atoms with Crippen LogP contribution >= 0.6 is 0 Å². The van der Waals surface area contributed by atoms with Gasteiger partial charge in [0, 0.05) is 13.7 Å². The molecular weight excluding hydrogens is 226 g/mol. The lowest BCUT2D eigenvalue weighted by molar-refractivity contribution is -0.149. The summed E-state index contributed by atoms with van der Waals surface area (Å²) in [6.07, 6.45) is 1.76. The van der Waals surface area contributed by atoms with Gasteiger partial charge in [-0.05, 0) is 12.8 Å². The molecule has 7 heteroatoms. The van der Waals surface area contributed by atoms with Crippen LogP contribution in [0.2, 0.25) is 0 Å². The molecule has 1 aromatic rings. The van der Waals surface area contributed by atoms with Crippen LogP contribution in [0, 0.1) is 0 Å². The highest BCUT2D eigenvalue weighted by Gasteiger charge is 2.33. The van der Waals surface area contributed by atoms with Crippen molar-refractivity contribution < 1.29 is 19.4 Å². The number of methoxy groups -OCH3 is 1. The summed E-state index contributed by atoms with van der Waals surface area (Å²) in [5.74, 6) is -0.249. The van der Waals surface area contributed by atoms with E-state index in [-0.39, 0.29) is 6.10 Å². The van der Waals surface area contributed by atoms with E-state index in [1.54, 1.807) is 13.4 Å². The van der Waals surface area contributed by atoms with Crippen molar-refractivity contribution in [3.8, 4) is 0 Å². The Morgan fingerprint density at radius 1 is 1.71 bits per heavy atom. The summed E-state index contributed by atoms with van der Waals surface area (Å²) >= 11 is 0. The number of hydrogen-bond donors (Lipinski definition) is 1. The number of aromatic nitrogens is 3. The number of carboxylic acid groups (broad SMARTS) is 1. The molecule has 0 spiro atoms. The first-order chi connectivity index (χ1) is 8.22. The van der Waals surface area contributed by atoms with Crippen molar-refractivity contribution in [3.63, 3.8) is 0 Å². The van der Waals surface area contributed by atoms with Crippen LogP contribution < -0.4 is 0 Å². The molecule has 1 fully saturated rings. The van der Waals surface area contributed by atoms with Crippen molar-refractivity contribution in [2.24, 2.45) is 0 Å². The summed E-state index contributed by atoms with van der Waals surface area (Å²) in [5, 5.41) is 16.7. The average molecular weight is 241 g/mol. The molecule has 2 heterocycles. The maximum Gasteiger partial charge on any atom is 0.332 e.